The number of unbranched alkanes of at least 4 members (excludes halogenated alkanes) is 4. The van der Waals surface area contributed by atoms with Crippen molar-refractivity contribution in [2.75, 3.05) is 0 Å². The molecule has 3 rings (SSSR count). The van der Waals surface area contributed by atoms with Gasteiger partial charge in [-0.15, -0.1) is 0 Å². The zero-order chi connectivity index (χ0) is 16.6. The molecule has 0 aliphatic heterocycles. The summed E-state index contributed by atoms with van der Waals surface area (Å²) in [5, 5.41) is 10.2. The van der Waals surface area contributed by atoms with Crippen LogP contribution in [0.3, 0.4) is 0 Å². The van der Waals surface area contributed by atoms with Gasteiger partial charge in [0.15, 0.2) is 11.2 Å². The number of aliphatic hydroxyl groups is 1. The Labute approximate surface area is 142 Å². The molecule has 1 atom stereocenters. The third-order valence-electron chi connectivity index (χ3n) is 4.25. The minimum Gasteiger partial charge on any atom is -0.436 e. The van der Waals surface area contributed by atoms with Gasteiger partial charge >= 0.3 is 0 Å². The van der Waals surface area contributed by atoms with E-state index in [9.17, 15) is 5.11 Å². The average Bonchev–Trinajstić information content (AvgIpc) is 3.06. The topological polar surface area (TPSA) is 59.2 Å². The van der Waals surface area contributed by atoms with E-state index >= 15 is 0 Å². The molecule has 2 aromatic heterocycles. The van der Waals surface area contributed by atoms with Crippen LogP contribution in [-0.2, 0) is 6.42 Å². The third-order valence-corrected chi connectivity index (χ3v) is 4.25. The second kappa shape index (κ2) is 8.60. The number of hydrogen-bond donors (Lipinski definition) is 1. The number of fused-ring (bicyclic) bond motifs is 1. The van der Waals surface area contributed by atoms with Crippen LogP contribution in [0.4, 0.5) is 0 Å². The van der Waals surface area contributed by atoms with E-state index in [4.69, 9.17) is 4.42 Å². The van der Waals surface area contributed by atoms with Crippen molar-refractivity contribution in [2.45, 2.75) is 51.0 Å². The molecule has 126 valence electrons. The molecule has 0 fully saturated rings. The smallest absolute Gasteiger partial charge is 0.225 e. The summed E-state index contributed by atoms with van der Waals surface area (Å²) < 4.78 is 5.55. The summed E-state index contributed by atoms with van der Waals surface area (Å²) in [6, 6.07) is 14.2. The lowest BCUT2D eigenvalue weighted by Gasteiger charge is -2.06. The van der Waals surface area contributed by atoms with Crippen molar-refractivity contribution in [1.82, 2.24) is 9.97 Å². The predicted octanol–water partition coefficient (Wildman–Crippen LogP) is 4.84. The molecular formula is C20H24N2O2. The predicted molar refractivity (Wildman–Crippen MR) is 94.6 cm³/mol. The molecular weight excluding hydrogens is 300 g/mol. The first-order valence-corrected chi connectivity index (χ1v) is 8.76. The zero-order valence-electron chi connectivity index (χ0n) is 13.9. The van der Waals surface area contributed by atoms with E-state index < -0.39 is 6.10 Å². The Bertz CT molecular complexity index is 706. The molecule has 4 heteroatoms. The summed E-state index contributed by atoms with van der Waals surface area (Å²) in [4.78, 5) is 8.37. The number of benzene rings is 1. The highest BCUT2D eigenvalue weighted by atomic mass is 16.4. The van der Waals surface area contributed by atoms with Gasteiger partial charge in [-0.2, -0.15) is 4.98 Å². The summed E-state index contributed by atoms with van der Waals surface area (Å²) in [6.07, 6.45) is 8.66. The highest BCUT2D eigenvalue weighted by Crippen LogP contribution is 2.23. The maximum Gasteiger partial charge on any atom is 0.225 e. The monoisotopic (exact) mass is 324 g/mol. The number of aliphatic hydroxyl groups excluding tert-OH is 1. The van der Waals surface area contributed by atoms with E-state index in [1.165, 1.54) is 24.8 Å². The van der Waals surface area contributed by atoms with Crippen molar-refractivity contribution in [3.05, 3.63) is 60.1 Å². The highest BCUT2D eigenvalue weighted by Gasteiger charge is 2.15. The largest absolute Gasteiger partial charge is 0.436 e. The fraction of sp³-hybridized carbons (Fsp3) is 0.400. The maximum absolute atomic E-state index is 10.2. The van der Waals surface area contributed by atoms with Crippen LogP contribution >= 0.6 is 0 Å². The number of aromatic nitrogens is 2. The van der Waals surface area contributed by atoms with E-state index in [0.29, 0.717) is 23.5 Å². The van der Waals surface area contributed by atoms with Crippen molar-refractivity contribution in [1.29, 1.82) is 0 Å². The SMILES string of the molecule is OC(CCCCCCCc1ccccc1)c1nc2ncccc2o1. The lowest BCUT2D eigenvalue weighted by molar-refractivity contribution is 0.133. The summed E-state index contributed by atoms with van der Waals surface area (Å²) in [5.41, 5.74) is 2.61. The van der Waals surface area contributed by atoms with Crippen molar-refractivity contribution >= 4 is 11.2 Å². The first kappa shape index (κ1) is 16.7. The molecule has 4 nitrogen and oxygen atoms in total. The van der Waals surface area contributed by atoms with Gasteiger partial charge in [-0.25, -0.2) is 4.98 Å². The molecule has 0 aliphatic rings. The Balaban J connectivity index is 1.31. The van der Waals surface area contributed by atoms with Gasteiger partial charge in [0, 0.05) is 6.20 Å². The Kier molecular flexibility index (Phi) is 5.96. The van der Waals surface area contributed by atoms with Gasteiger partial charge in [-0.1, -0.05) is 56.0 Å². The zero-order valence-corrected chi connectivity index (χ0v) is 13.9. The standard InChI is InChI=1S/C20H24N2O2/c23-17(20-22-19-18(24-20)14-9-15-21-19)13-8-3-1-2-5-10-16-11-6-4-7-12-16/h4,6-7,9,11-12,14-15,17,23H,1-3,5,8,10,13H2. The average molecular weight is 324 g/mol. The molecule has 0 spiro atoms. The normalized spacial score (nSPS) is 12.5. The van der Waals surface area contributed by atoms with Crippen LogP contribution in [0.1, 0.15) is 56.1 Å². The fourth-order valence-electron chi connectivity index (χ4n) is 2.89. The van der Waals surface area contributed by atoms with Gasteiger partial charge in [0.05, 0.1) is 0 Å². The molecule has 24 heavy (non-hydrogen) atoms. The van der Waals surface area contributed by atoms with E-state index in [2.05, 4.69) is 40.3 Å². The molecule has 0 amide bonds. The van der Waals surface area contributed by atoms with Gasteiger partial charge in [0.1, 0.15) is 6.10 Å². The molecule has 3 aromatic rings. The van der Waals surface area contributed by atoms with Gasteiger partial charge < -0.3 is 9.52 Å². The van der Waals surface area contributed by atoms with Gasteiger partial charge in [0.2, 0.25) is 5.89 Å². The number of pyridine rings is 1. The molecule has 0 saturated carbocycles. The summed E-state index contributed by atoms with van der Waals surface area (Å²) in [5.74, 6) is 0.382. The Morgan fingerprint density at radius 3 is 2.54 bits per heavy atom. The molecule has 2 heterocycles. The number of hydrogen-bond acceptors (Lipinski definition) is 4. The quantitative estimate of drug-likeness (QED) is 0.572. The van der Waals surface area contributed by atoms with E-state index in [1.54, 1.807) is 12.3 Å². The Hall–Kier alpha value is -2.20. The minimum atomic E-state index is -0.636. The molecule has 0 bridgehead atoms. The molecule has 1 N–H and O–H groups in total. The fourth-order valence-corrected chi connectivity index (χ4v) is 2.89. The third kappa shape index (κ3) is 4.65. The molecule has 1 unspecified atom stereocenters. The van der Waals surface area contributed by atoms with Crippen molar-refractivity contribution in [2.24, 2.45) is 0 Å². The number of oxazole rings is 1. The van der Waals surface area contributed by atoms with Gasteiger partial charge in [0.25, 0.3) is 0 Å². The van der Waals surface area contributed by atoms with Crippen LogP contribution in [-0.4, -0.2) is 15.1 Å². The van der Waals surface area contributed by atoms with Crippen LogP contribution in [0.15, 0.2) is 53.1 Å². The Morgan fingerprint density at radius 1 is 0.917 bits per heavy atom. The van der Waals surface area contributed by atoms with Crippen molar-refractivity contribution < 1.29 is 9.52 Å². The van der Waals surface area contributed by atoms with Gasteiger partial charge in [-0.05, 0) is 37.0 Å². The molecule has 0 aliphatic carbocycles. The number of nitrogens with zero attached hydrogens (tertiary/aromatic N) is 2. The van der Waals surface area contributed by atoms with Gasteiger partial charge in [-0.3, -0.25) is 0 Å². The second-order valence-corrected chi connectivity index (χ2v) is 6.19. The number of aryl methyl sites for hydroxylation is 1. The van der Waals surface area contributed by atoms with Crippen LogP contribution in [0.5, 0.6) is 0 Å². The summed E-state index contributed by atoms with van der Waals surface area (Å²) >= 11 is 0. The maximum atomic E-state index is 10.2. The van der Waals surface area contributed by atoms with Crippen LogP contribution in [0, 0.1) is 0 Å². The van der Waals surface area contributed by atoms with Crippen molar-refractivity contribution in [3.63, 3.8) is 0 Å². The minimum absolute atomic E-state index is 0.382. The Morgan fingerprint density at radius 2 is 1.71 bits per heavy atom. The van der Waals surface area contributed by atoms with E-state index in [0.717, 1.165) is 19.3 Å². The van der Waals surface area contributed by atoms with Crippen LogP contribution in [0.25, 0.3) is 11.2 Å². The lowest BCUT2D eigenvalue weighted by atomic mass is 10.0. The summed E-state index contributed by atoms with van der Waals surface area (Å²) in [7, 11) is 0. The summed E-state index contributed by atoms with van der Waals surface area (Å²) in [6.45, 7) is 0. The highest BCUT2D eigenvalue weighted by molar-refractivity contribution is 5.66. The van der Waals surface area contributed by atoms with E-state index in [1.807, 2.05) is 6.07 Å². The molecule has 0 radical (unpaired) electrons. The molecule has 0 saturated heterocycles. The lowest BCUT2D eigenvalue weighted by Crippen LogP contribution is -1.97. The first-order valence-electron chi connectivity index (χ1n) is 8.76. The number of rotatable bonds is 9. The van der Waals surface area contributed by atoms with Crippen molar-refractivity contribution in [3.8, 4) is 0 Å². The van der Waals surface area contributed by atoms with Crippen LogP contribution in [0.2, 0.25) is 0 Å². The molecule has 1 aromatic carbocycles. The van der Waals surface area contributed by atoms with E-state index in [-0.39, 0.29) is 0 Å². The second-order valence-electron chi connectivity index (χ2n) is 6.19. The first-order chi connectivity index (χ1) is 11.8. The van der Waals surface area contributed by atoms with Crippen LogP contribution < -0.4 is 0 Å².